The highest BCUT2D eigenvalue weighted by Crippen LogP contribution is 2.38. The molecule has 4 heteroatoms. The molecule has 0 aromatic heterocycles. The van der Waals surface area contributed by atoms with Crippen LogP contribution in [0, 0.1) is 0 Å². The van der Waals surface area contributed by atoms with Crippen molar-refractivity contribution < 1.29 is 9.09 Å². The lowest BCUT2D eigenvalue weighted by atomic mass is 10.2. The van der Waals surface area contributed by atoms with Crippen LogP contribution in [-0.2, 0) is 9.90 Å². The molecule has 0 N–H and O–H groups in total. The highest BCUT2D eigenvalue weighted by Gasteiger charge is 2.07. The van der Waals surface area contributed by atoms with Gasteiger partial charge in [0.1, 0.15) is 5.75 Å². The van der Waals surface area contributed by atoms with Gasteiger partial charge in [0.05, 0.1) is 0 Å². The van der Waals surface area contributed by atoms with E-state index < -0.39 is 7.37 Å². The van der Waals surface area contributed by atoms with Crippen LogP contribution >= 0.6 is 23.3 Å². The molecule has 72 valence electrons. The molecule has 0 saturated carbocycles. The largest absolute Gasteiger partial charge is 0.443 e. The van der Waals surface area contributed by atoms with E-state index in [4.69, 9.17) is 4.52 Å². The van der Waals surface area contributed by atoms with E-state index in [1.54, 1.807) is 13.3 Å². The van der Waals surface area contributed by atoms with Crippen molar-refractivity contribution in [2.75, 3.05) is 13.3 Å². The summed E-state index contributed by atoms with van der Waals surface area (Å²) >= 11 is 3.35. The Balaban J connectivity index is 2.76. The quantitative estimate of drug-likeness (QED) is 0.616. The van der Waals surface area contributed by atoms with Crippen LogP contribution in [0.4, 0.5) is 0 Å². The number of halogens is 1. The van der Waals surface area contributed by atoms with E-state index in [0.717, 1.165) is 5.33 Å². The number of rotatable bonds is 3. The summed E-state index contributed by atoms with van der Waals surface area (Å²) in [5, 5.41) is 0.823. The smallest absolute Gasteiger partial charge is 0.242 e. The lowest BCUT2D eigenvalue weighted by molar-refractivity contribution is 0.494. The number of benzene rings is 1. The molecule has 1 rings (SSSR count). The third-order valence-electron chi connectivity index (χ3n) is 1.40. The molecule has 1 aromatic carbocycles. The summed E-state index contributed by atoms with van der Waals surface area (Å²) in [6, 6.07) is 7.55. The minimum Gasteiger partial charge on any atom is -0.443 e. The van der Waals surface area contributed by atoms with Crippen LogP contribution in [0.5, 0.6) is 5.75 Å². The standard InChI is InChI=1S/C9H12BrO2P/c1-13(2,11)12-9-5-3-8(7-10)4-6-9/h3-6H,7H2,1-2H3. The molecular formula is C9H12BrO2P. The van der Waals surface area contributed by atoms with Gasteiger partial charge in [-0.3, -0.25) is 4.57 Å². The summed E-state index contributed by atoms with van der Waals surface area (Å²) in [6.45, 7) is 3.21. The van der Waals surface area contributed by atoms with Crippen LogP contribution in [0.2, 0.25) is 0 Å². The summed E-state index contributed by atoms with van der Waals surface area (Å²) in [5.41, 5.74) is 1.18. The molecule has 0 heterocycles. The van der Waals surface area contributed by atoms with Gasteiger partial charge in [-0.05, 0) is 17.7 Å². The van der Waals surface area contributed by atoms with Crippen LogP contribution in [0.25, 0.3) is 0 Å². The first kappa shape index (κ1) is 10.8. The predicted molar refractivity (Wildman–Crippen MR) is 59.2 cm³/mol. The van der Waals surface area contributed by atoms with Crippen molar-refractivity contribution in [3.63, 3.8) is 0 Å². The van der Waals surface area contributed by atoms with Gasteiger partial charge in [0.15, 0.2) is 0 Å². The van der Waals surface area contributed by atoms with Crippen LogP contribution in [0.3, 0.4) is 0 Å². The summed E-state index contributed by atoms with van der Waals surface area (Å²) in [5.74, 6) is 0.665. The molecule has 0 saturated heterocycles. The van der Waals surface area contributed by atoms with Gasteiger partial charge >= 0.3 is 0 Å². The van der Waals surface area contributed by atoms with Crippen molar-refractivity contribution in [2.24, 2.45) is 0 Å². The summed E-state index contributed by atoms with van der Waals surface area (Å²) in [4.78, 5) is 0. The van der Waals surface area contributed by atoms with Gasteiger partial charge < -0.3 is 4.52 Å². The molecule has 13 heavy (non-hydrogen) atoms. The van der Waals surface area contributed by atoms with Crippen molar-refractivity contribution in [1.29, 1.82) is 0 Å². The fourth-order valence-corrected chi connectivity index (χ4v) is 1.90. The molecule has 0 aliphatic rings. The van der Waals surface area contributed by atoms with Crippen molar-refractivity contribution in [2.45, 2.75) is 5.33 Å². The molecule has 0 aliphatic heterocycles. The van der Waals surface area contributed by atoms with Crippen LogP contribution in [-0.4, -0.2) is 13.3 Å². The average Bonchev–Trinajstić information content (AvgIpc) is 2.03. The van der Waals surface area contributed by atoms with E-state index in [0.29, 0.717) is 5.75 Å². The maximum Gasteiger partial charge on any atom is 0.242 e. The van der Waals surface area contributed by atoms with Crippen molar-refractivity contribution in [3.05, 3.63) is 29.8 Å². The lowest BCUT2D eigenvalue weighted by Gasteiger charge is -2.09. The number of hydrogen-bond donors (Lipinski definition) is 0. The minimum atomic E-state index is -2.42. The van der Waals surface area contributed by atoms with Crippen LogP contribution < -0.4 is 4.52 Å². The van der Waals surface area contributed by atoms with Gasteiger partial charge in [-0.25, -0.2) is 0 Å². The molecule has 0 unspecified atom stereocenters. The Kier molecular flexibility index (Phi) is 3.57. The SMILES string of the molecule is CP(C)(=O)Oc1ccc(CBr)cc1. The third-order valence-corrected chi connectivity index (χ3v) is 2.70. The fourth-order valence-electron chi connectivity index (χ4n) is 0.893. The summed E-state index contributed by atoms with van der Waals surface area (Å²) in [6.07, 6.45) is 0. The molecular weight excluding hydrogens is 251 g/mol. The fraction of sp³-hybridized carbons (Fsp3) is 0.333. The van der Waals surface area contributed by atoms with E-state index >= 15 is 0 Å². The first-order valence-corrected chi connectivity index (χ1v) is 7.55. The van der Waals surface area contributed by atoms with Gasteiger partial charge in [0.2, 0.25) is 7.37 Å². The average molecular weight is 263 g/mol. The first-order chi connectivity index (χ1) is 6.01. The highest BCUT2D eigenvalue weighted by atomic mass is 79.9. The molecule has 0 bridgehead atoms. The van der Waals surface area contributed by atoms with Gasteiger partial charge in [-0.2, -0.15) is 0 Å². The monoisotopic (exact) mass is 262 g/mol. The highest BCUT2D eigenvalue weighted by molar-refractivity contribution is 9.08. The molecule has 0 aliphatic carbocycles. The topological polar surface area (TPSA) is 26.3 Å². The zero-order chi connectivity index (χ0) is 9.90. The molecule has 0 fully saturated rings. The number of hydrogen-bond acceptors (Lipinski definition) is 2. The molecule has 0 spiro atoms. The van der Waals surface area contributed by atoms with E-state index in [9.17, 15) is 4.57 Å². The second kappa shape index (κ2) is 4.30. The van der Waals surface area contributed by atoms with E-state index in [1.165, 1.54) is 5.56 Å². The molecule has 2 nitrogen and oxygen atoms in total. The Morgan fingerprint density at radius 2 is 1.85 bits per heavy atom. The first-order valence-electron chi connectivity index (χ1n) is 3.91. The normalized spacial score (nSPS) is 11.3. The van der Waals surface area contributed by atoms with Gasteiger partial charge in [-0.1, -0.05) is 28.1 Å². The molecule has 1 aromatic rings. The van der Waals surface area contributed by atoms with Crippen molar-refractivity contribution in [1.82, 2.24) is 0 Å². The predicted octanol–water partition coefficient (Wildman–Crippen LogP) is 3.50. The Morgan fingerprint density at radius 1 is 1.31 bits per heavy atom. The second-order valence-electron chi connectivity index (χ2n) is 3.12. The van der Waals surface area contributed by atoms with Crippen LogP contribution in [0.15, 0.2) is 24.3 Å². The molecule has 0 radical (unpaired) electrons. The molecule has 0 amide bonds. The third kappa shape index (κ3) is 3.97. The van der Waals surface area contributed by atoms with Crippen molar-refractivity contribution in [3.8, 4) is 5.75 Å². The maximum atomic E-state index is 11.3. The lowest BCUT2D eigenvalue weighted by Crippen LogP contribution is -1.88. The second-order valence-corrected chi connectivity index (χ2v) is 6.37. The Morgan fingerprint density at radius 3 is 2.23 bits per heavy atom. The van der Waals surface area contributed by atoms with E-state index in [-0.39, 0.29) is 0 Å². The minimum absolute atomic E-state index is 0.665. The maximum absolute atomic E-state index is 11.3. The van der Waals surface area contributed by atoms with Gasteiger partial charge in [-0.15, -0.1) is 0 Å². The van der Waals surface area contributed by atoms with Gasteiger partial charge in [0.25, 0.3) is 0 Å². The zero-order valence-electron chi connectivity index (χ0n) is 7.66. The van der Waals surface area contributed by atoms with Crippen molar-refractivity contribution >= 4 is 23.3 Å². The Bertz CT molecular complexity index is 315. The molecule has 0 atom stereocenters. The number of alkyl halides is 1. The van der Waals surface area contributed by atoms with Crippen LogP contribution in [0.1, 0.15) is 5.56 Å². The summed E-state index contributed by atoms with van der Waals surface area (Å²) in [7, 11) is -2.42. The Hall–Kier alpha value is -0.270. The van der Waals surface area contributed by atoms with E-state index in [1.807, 2.05) is 24.3 Å². The summed E-state index contributed by atoms with van der Waals surface area (Å²) < 4.78 is 16.5. The van der Waals surface area contributed by atoms with Gasteiger partial charge in [0, 0.05) is 18.7 Å². The zero-order valence-corrected chi connectivity index (χ0v) is 10.1. The van der Waals surface area contributed by atoms with E-state index in [2.05, 4.69) is 15.9 Å². The Labute approximate surface area is 86.9 Å².